The molecule has 120 valence electrons. The number of ether oxygens (including phenoxy) is 1. The van der Waals surface area contributed by atoms with E-state index in [9.17, 15) is 8.42 Å². The van der Waals surface area contributed by atoms with Gasteiger partial charge in [0.15, 0.2) is 0 Å². The summed E-state index contributed by atoms with van der Waals surface area (Å²) in [6.45, 7) is 6.38. The summed E-state index contributed by atoms with van der Waals surface area (Å²) < 4.78 is 32.0. The summed E-state index contributed by atoms with van der Waals surface area (Å²) in [5, 5.41) is 3.24. The smallest absolute Gasteiger partial charge is 0.243 e. The summed E-state index contributed by atoms with van der Waals surface area (Å²) >= 11 is 0. The standard InChI is InChI=1S/C14H22N2O3S.ClH/c1-3-10-19-13-4-6-14(7-5-13)20(17,18)16-9-8-15-12(2)11-16;/h4-7,12,15H,3,8-11H2,1-2H3;1H. The molecule has 1 aliphatic heterocycles. The highest BCUT2D eigenvalue weighted by atomic mass is 35.5. The zero-order valence-corrected chi connectivity index (χ0v) is 14.0. The van der Waals surface area contributed by atoms with Gasteiger partial charge in [-0.15, -0.1) is 12.4 Å². The highest BCUT2D eigenvalue weighted by Crippen LogP contribution is 2.20. The van der Waals surface area contributed by atoms with Crippen LogP contribution in [-0.2, 0) is 10.0 Å². The summed E-state index contributed by atoms with van der Waals surface area (Å²) in [5.41, 5.74) is 0. The van der Waals surface area contributed by atoms with Crippen LogP contribution in [0.25, 0.3) is 0 Å². The molecule has 1 fully saturated rings. The third kappa shape index (κ3) is 4.57. The Labute approximate surface area is 133 Å². The van der Waals surface area contributed by atoms with E-state index in [1.807, 2.05) is 13.8 Å². The molecule has 1 unspecified atom stereocenters. The van der Waals surface area contributed by atoms with Gasteiger partial charge in [0.05, 0.1) is 11.5 Å². The van der Waals surface area contributed by atoms with Crippen molar-refractivity contribution in [2.24, 2.45) is 0 Å². The summed E-state index contributed by atoms with van der Waals surface area (Å²) in [5.74, 6) is 0.708. The molecule has 1 saturated heterocycles. The van der Waals surface area contributed by atoms with Crippen LogP contribution in [0, 0.1) is 0 Å². The number of hydrogen-bond donors (Lipinski definition) is 1. The van der Waals surface area contributed by atoms with Gasteiger partial charge in [0.25, 0.3) is 0 Å². The van der Waals surface area contributed by atoms with Crippen LogP contribution < -0.4 is 10.1 Å². The lowest BCUT2D eigenvalue weighted by atomic mass is 10.3. The number of halogens is 1. The average Bonchev–Trinajstić information content (AvgIpc) is 2.45. The van der Waals surface area contributed by atoms with Crippen LogP contribution in [0.1, 0.15) is 20.3 Å². The first-order chi connectivity index (χ1) is 9.54. The number of rotatable bonds is 5. The van der Waals surface area contributed by atoms with Gasteiger partial charge in [-0.1, -0.05) is 6.92 Å². The van der Waals surface area contributed by atoms with Gasteiger partial charge < -0.3 is 10.1 Å². The molecule has 0 aromatic heterocycles. The van der Waals surface area contributed by atoms with E-state index < -0.39 is 10.0 Å². The molecule has 1 atom stereocenters. The van der Waals surface area contributed by atoms with E-state index in [0.717, 1.165) is 6.42 Å². The molecule has 5 nitrogen and oxygen atoms in total. The van der Waals surface area contributed by atoms with Crippen LogP contribution in [0.5, 0.6) is 5.75 Å². The molecule has 0 bridgehead atoms. The fraction of sp³-hybridized carbons (Fsp3) is 0.571. The maximum atomic E-state index is 12.5. The van der Waals surface area contributed by atoms with Crippen molar-refractivity contribution in [2.45, 2.75) is 31.2 Å². The van der Waals surface area contributed by atoms with Crippen molar-refractivity contribution in [2.75, 3.05) is 26.2 Å². The first-order valence-corrected chi connectivity index (χ1v) is 8.44. The van der Waals surface area contributed by atoms with E-state index in [1.54, 1.807) is 24.3 Å². The minimum atomic E-state index is -3.39. The molecule has 1 aromatic rings. The number of sulfonamides is 1. The SMILES string of the molecule is CCCOc1ccc(S(=O)(=O)N2CCNC(C)C2)cc1.Cl. The minimum absolute atomic E-state index is 0. The molecule has 0 spiro atoms. The zero-order chi connectivity index (χ0) is 14.6. The number of nitrogens with one attached hydrogen (secondary N) is 1. The van der Waals surface area contributed by atoms with Crippen molar-refractivity contribution < 1.29 is 13.2 Å². The third-order valence-electron chi connectivity index (χ3n) is 3.27. The Bertz CT molecular complexity index is 534. The lowest BCUT2D eigenvalue weighted by Crippen LogP contribution is -2.51. The Hall–Kier alpha value is -0.820. The van der Waals surface area contributed by atoms with Gasteiger partial charge in [0.2, 0.25) is 10.0 Å². The fourth-order valence-electron chi connectivity index (χ4n) is 2.19. The predicted octanol–water partition coefficient (Wildman–Crippen LogP) is 1.88. The molecule has 1 aromatic carbocycles. The molecular weight excluding hydrogens is 312 g/mol. The lowest BCUT2D eigenvalue weighted by Gasteiger charge is -2.31. The van der Waals surface area contributed by atoms with Crippen molar-refractivity contribution in [3.05, 3.63) is 24.3 Å². The van der Waals surface area contributed by atoms with Crippen molar-refractivity contribution in [3.63, 3.8) is 0 Å². The molecular formula is C14H23ClN2O3S. The zero-order valence-electron chi connectivity index (χ0n) is 12.4. The monoisotopic (exact) mass is 334 g/mol. The van der Waals surface area contributed by atoms with E-state index in [1.165, 1.54) is 4.31 Å². The molecule has 0 amide bonds. The summed E-state index contributed by atoms with van der Waals surface area (Å²) in [6.07, 6.45) is 0.929. The van der Waals surface area contributed by atoms with Crippen molar-refractivity contribution in [3.8, 4) is 5.75 Å². The molecule has 21 heavy (non-hydrogen) atoms. The largest absolute Gasteiger partial charge is 0.494 e. The maximum absolute atomic E-state index is 12.5. The molecule has 0 radical (unpaired) electrons. The van der Waals surface area contributed by atoms with Gasteiger partial charge in [0, 0.05) is 25.7 Å². The van der Waals surface area contributed by atoms with Gasteiger partial charge in [-0.2, -0.15) is 4.31 Å². The number of hydrogen-bond acceptors (Lipinski definition) is 4. The van der Waals surface area contributed by atoms with Gasteiger partial charge >= 0.3 is 0 Å². The normalized spacial score (nSPS) is 19.8. The Morgan fingerprint density at radius 3 is 2.57 bits per heavy atom. The molecule has 1 aliphatic rings. The lowest BCUT2D eigenvalue weighted by molar-refractivity contribution is 0.309. The van der Waals surface area contributed by atoms with Crippen molar-refractivity contribution in [1.82, 2.24) is 9.62 Å². The van der Waals surface area contributed by atoms with Gasteiger partial charge in [-0.25, -0.2) is 8.42 Å². The molecule has 7 heteroatoms. The Kier molecular flexibility index (Phi) is 6.93. The summed E-state index contributed by atoms with van der Waals surface area (Å²) in [6, 6.07) is 6.85. The van der Waals surface area contributed by atoms with E-state index in [-0.39, 0.29) is 18.4 Å². The number of piperazine rings is 1. The van der Waals surface area contributed by atoms with E-state index in [0.29, 0.717) is 36.9 Å². The van der Waals surface area contributed by atoms with E-state index in [4.69, 9.17) is 4.74 Å². The van der Waals surface area contributed by atoms with Crippen molar-refractivity contribution in [1.29, 1.82) is 0 Å². The number of benzene rings is 1. The van der Waals surface area contributed by atoms with Crippen LogP contribution in [0.15, 0.2) is 29.2 Å². The van der Waals surface area contributed by atoms with Gasteiger partial charge in [-0.05, 0) is 37.6 Å². The van der Waals surface area contributed by atoms with E-state index >= 15 is 0 Å². The predicted molar refractivity (Wildman–Crippen MR) is 85.7 cm³/mol. The molecule has 1 N–H and O–H groups in total. The highest BCUT2D eigenvalue weighted by molar-refractivity contribution is 7.89. The van der Waals surface area contributed by atoms with Crippen molar-refractivity contribution >= 4 is 22.4 Å². The fourth-order valence-corrected chi connectivity index (χ4v) is 3.72. The quantitative estimate of drug-likeness (QED) is 0.893. The van der Waals surface area contributed by atoms with Crippen LogP contribution in [-0.4, -0.2) is 45.0 Å². The Morgan fingerprint density at radius 1 is 1.33 bits per heavy atom. The minimum Gasteiger partial charge on any atom is -0.494 e. The van der Waals surface area contributed by atoms with Gasteiger partial charge in [0.1, 0.15) is 5.75 Å². The molecule has 0 saturated carbocycles. The van der Waals surface area contributed by atoms with Crippen LogP contribution in [0.2, 0.25) is 0 Å². The Balaban J connectivity index is 0.00000220. The summed E-state index contributed by atoms with van der Waals surface area (Å²) in [4.78, 5) is 0.329. The van der Waals surface area contributed by atoms with Crippen LogP contribution >= 0.6 is 12.4 Å². The summed E-state index contributed by atoms with van der Waals surface area (Å²) in [7, 11) is -3.39. The first-order valence-electron chi connectivity index (χ1n) is 7.00. The second-order valence-electron chi connectivity index (χ2n) is 5.04. The Morgan fingerprint density at radius 2 is 2.00 bits per heavy atom. The number of nitrogens with zero attached hydrogens (tertiary/aromatic N) is 1. The molecule has 2 rings (SSSR count). The molecule has 1 heterocycles. The van der Waals surface area contributed by atoms with Gasteiger partial charge in [-0.3, -0.25) is 0 Å². The first kappa shape index (κ1) is 18.2. The second kappa shape index (κ2) is 7.98. The second-order valence-corrected chi connectivity index (χ2v) is 6.98. The van der Waals surface area contributed by atoms with Crippen LogP contribution in [0.4, 0.5) is 0 Å². The van der Waals surface area contributed by atoms with Crippen LogP contribution in [0.3, 0.4) is 0 Å². The van der Waals surface area contributed by atoms with E-state index in [2.05, 4.69) is 5.32 Å². The third-order valence-corrected chi connectivity index (χ3v) is 5.15. The highest BCUT2D eigenvalue weighted by Gasteiger charge is 2.28. The maximum Gasteiger partial charge on any atom is 0.243 e. The topological polar surface area (TPSA) is 58.6 Å². The molecule has 0 aliphatic carbocycles. The average molecular weight is 335 g/mol.